The van der Waals surface area contributed by atoms with Crippen LogP contribution in [0.4, 0.5) is 0 Å². The zero-order chi connectivity index (χ0) is 18.3. The number of halogens is 1. The van der Waals surface area contributed by atoms with Crippen LogP contribution < -0.4 is 10.6 Å². The zero-order valence-electron chi connectivity index (χ0n) is 15.8. The molecule has 2 N–H and O–H groups in total. The van der Waals surface area contributed by atoms with Crippen LogP contribution in [-0.4, -0.2) is 63.5 Å². The van der Waals surface area contributed by atoms with Crippen molar-refractivity contribution in [1.82, 2.24) is 15.5 Å². The second kappa shape index (κ2) is 11.1. The van der Waals surface area contributed by atoms with Crippen molar-refractivity contribution in [2.24, 2.45) is 4.99 Å². The van der Waals surface area contributed by atoms with E-state index in [1.165, 1.54) is 5.56 Å². The standard InChI is InChI=1S/C18H30N4O2S.HI/c1-15(22(3)13-16-7-5-4-6-8-16)9-11-20-18(19-2)21-17-10-12-25(23,24)14-17;/h4-8,15,17H,9-14H2,1-3H3,(H2,19,20,21);1H. The predicted molar refractivity (Wildman–Crippen MR) is 119 cm³/mol. The van der Waals surface area contributed by atoms with E-state index in [4.69, 9.17) is 0 Å². The maximum Gasteiger partial charge on any atom is 0.191 e. The molecule has 0 spiro atoms. The van der Waals surface area contributed by atoms with E-state index in [0.29, 0.717) is 18.4 Å². The van der Waals surface area contributed by atoms with E-state index in [1.54, 1.807) is 7.05 Å². The molecule has 1 aromatic carbocycles. The third kappa shape index (κ3) is 7.79. The summed E-state index contributed by atoms with van der Waals surface area (Å²) in [7, 11) is 0.969. The summed E-state index contributed by atoms with van der Waals surface area (Å²) in [5.74, 6) is 1.15. The Kier molecular flexibility index (Phi) is 9.88. The Labute approximate surface area is 174 Å². The first-order valence-electron chi connectivity index (χ1n) is 8.81. The maximum absolute atomic E-state index is 11.5. The first kappa shape index (κ1) is 23.2. The fourth-order valence-corrected chi connectivity index (χ4v) is 4.62. The van der Waals surface area contributed by atoms with Crippen LogP contribution in [0, 0.1) is 0 Å². The molecule has 0 aliphatic carbocycles. The van der Waals surface area contributed by atoms with Gasteiger partial charge in [-0.15, -0.1) is 24.0 Å². The highest BCUT2D eigenvalue weighted by Crippen LogP contribution is 2.11. The van der Waals surface area contributed by atoms with E-state index < -0.39 is 9.84 Å². The molecular weight excluding hydrogens is 463 g/mol. The second-order valence-electron chi connectivity index (χ2n) is 6.78. The number of nitrogens with one attached hydrogen (secondary N) is 2. The molecule has 8 heteroatoms. The average molecular weight is 494 g/mol. The van der Waals surface area contributed by atoms with Crippen LogP contribution in [0.3, 0.4) is 0 Å². The summed E-state index contributed by atoms with van der Waals surface area (Å²) >= 11 is 0. The Morgan fingerprint density at radius 3 is 2.62 bits per heavy atom. The van der Waals surface area contributed by atoms with Crippen molar-refractivity contribution < 1.29 is 8.42 Å². The van der Waals surface area contributed by atoms with Crippen LogP contribution in [-0.2, 0) is 16.4 Å². The summed E-state index contributed by atoms with van der Waals surface area (Å²) in [5, 5.41) is 6.50. The van der Waals surface area contributed by atoms with Gasteiger partial charge in [0.15, 0.2) is 15.8 Å². The van der Waals surface area contributed by atoms with Gasteiger partial charge in [0.05, 0.1) is 11.5 Å². The van der Waals surface area contributed by atoms with Crippen molar-refractivity contribution in [3.8, 4) is 0 Å². The van der Waals surface area contributed by atoms with Gasteiger partial charge in [-0.25, -0.2) is 8.42 Å². The molecule has 26 heavy (non-hydrogen) atoms. The molecule has 0 radical (unpaired) electrons. The lowest BCUT2D eigenvalue weighted by atomic mass is 10.1. The van der Waals surface area contributed by atoms with Crippen LogP contribution in [0.2, 0.25) is 0 Å². The normalized spacial score (nSPS) is 20.5. The van der Waals surface area contributed by atoms with E-state index in [2.05, 4.69) is 58.8 Å². The Balaban J connectivity index is 0.00000338. The van der Waals surface area contributed by atoms with E-state index in [0.717, 1.165) is 19.5 Å². The number of hydrogen-bond donors (Lipinski definition) is 2. The van der Waals surface area contributed by atoms with Gasteiger partial charge in [0.25, 0.3) is 0 Å². The molecular formula is C18H31IN4O2S. The molecule has 1 aliphatic rings. The van der Waals surface area contributed by atoms with Crippen molar-refractivity contribution in [3.05, 3.63) is 35.9 Å². The summed E-state index contributed by atoms with van der Waals surface area (Å²) < 4.78 is 23.1. The molecule has 148 valence electrons. The van der Waals surface area contributed by atoms with Crippen LogP contribution in [0.15, 0.2) is 35.3 Å². The van der Waals surface area contributed by atoms with Crippen LogP contribution in [0.25, 0.3) is 0 Å². The number of hydrogen-bond acceptors (Lipinski definition) is 4. The Morgan fingerprint density at radius 2 is 2.04 bits per heavy atom. The number of guanidine groups is 1. The molecule has 1 aliphatic heterocycles. The molecule has 2 atom stereocenters. The van der Waals surface area contributed by atoms with Gasteiger partial charge in [-0.2, -0.15) is 0 Å². The number of aliphatic imine (C=N–C) groups is 1. The quantitative estimate of drug-likeness (QED) is 0.344. The fraction of sp³-hybridized carbons (Fsp3) is 0.611. The van der Waals surface area contributed by atoms with Gasteiger partial charge in [-0.3, -0.25) is 9.89 Å². The summed E-state index contributed by atoms with van der Waals surface area (Å²) in [6.07, 6.45) is 1.63. The minimum Gasteiger partial charge on any atom is -0.356 e. The highest BCUT2D eigenvalue weighted by atomic mass is 127. The lowest BCUT2D eigenvalue weighted by molar-refractivity contribution is 0.238. The zero-order valence-corrected chi connectivity index (χ0v) is 19.0. The lowest BCUT2D eigenvalue weighted by Gasteiger charge is -2.25. The first-order valence-corrected chi connectivity index (χ1v) is 10.6. The predicted octanol–water partition coefficient (Wildman–Crippen LogP) is 1.87. The molecule has 6 nitrogen and oxygen atoms in total. The van der Waals surface area contributed by atoms with Gasteiger partial charge >= 0.3 is 0 Å². The van der Waals surface area contributed by atoms with Gasteiger partial charge in [0.2, 0.25) is 0 Å². The monoisotopic (exact) mass is 494 g/mol. The minimum atomic E-state index is -2.88. The van der Waals surface area contributed by atoms with Crippen molar-refractivity contribution in [2.45, 2.75) is 38.4 Å². The molecule has 0 aromatic heterocycles. The lowest BCUT2D eigenvalue weighted by Crippen LogP contribution is -2.45. The van der Waals surface area contributed by atoms with E-state index in [-0.39, 0.29) is 41.5 Å². The van der Waals surface area contributed by atoms with Crippen LogP contribution in [0.5, 0.6) is 0 Å². The smallest absolute Gasteiger partial charge is 0.191 e. The van der Waals surface area contributed by atoms with Crippen molar-refractivity contribution >= 4 is 39.8 Å². The Bertz CT molecular complexity index is 667. The summed E-state index contributed by atoms with van der Waals surface area (Å²) in [5.41, 5.74) is 1.31. The Morgan fingerprint density at radius 1 is 1.35 bits per heavy atom. The first-order chi connectivity index (χ1) is 11.9. The van der Waals surface area contributed by atoms with E-state index in [9.17, 15) is 8.42 Å². The number of nitrogens with zero attached hydrogens (tertiary/aromatic N) is 2. The molecule has 1 saturated heterocycles. The SMILES string of the molecule is CN=C(NCCC(C)N(C)Cc1ccccc1)NC1CCS(=O)(=O)C1.I. The fourth-order valence-electron chi connectivity index (χ4n) is 2.94. The summed E-state index contributed by atoms with van der Waals surface area (Å²) in [6.45, 7) is 3.93. The second-order valence-corrected chi connectivity index (χ2v) is 9.01. The number of rotatable bonds is 7. The molecule has 0 saturated carbocycles. The van der Waals surface area contributed by atoms with E-state index >= 15 is 0 Å². The molecule has 0 bridgehead atoms. The van der Waals surface area contributed by atoms with Gasteiger partial charge in [-0.1, -0.05) is 30.3 Å². The van der Waals surface area contributed by atoms with Crippen molar-refractivity contribution in [1.29, 1.82) is 0 Å². The highest BCUT2D eigenvalue weighted by Gasteiger charge is 2.28. The third-order valence-electron chi connectivity index (χ3n) is 4.68. The number of benzene rings is 1. The van der Waals surface area contributed by atoms with Crippen LogP contribution in [0.1, 0.15) is 25.3 Å². The highest BCUT2D eigenvalue weighted by molar-refractivity contribution is 14.0. The maximum atomic E-state index is 11.5. The van der Waals surface area contributed by atoms with Gasteiger partial charge in [0, 0.05) is 32.2 Å². The average Bonchev–Trinajstić information content (AvgIpc) is 2.93. The van der Waals surface area contributed by atoms with Gasteiger partial charge in [-0.05, 0) is 32.4 Å². The van der Waals surface area contributed by atoms with E-state index in [1.807, 2.05) is 6.07 Å². The largest absolute Gasteiger partial charge is 0.356 e. The molecule has 1 aromatic rings. The molecule has 0 amide bonds. The molecule has 1 heterocycles. The van der Waals surface area contributed by atoms with Gasteiger partial charge in [0.1, 0.15) is 0 Å². The van der Waals surface area contributed by atoms with Gasteiger partial charge < -0.3 is 10.6 Å². The topological polar surface area (TPSA) is 73.8 Å². The molecule has 2 unspecified atom stereocenters. The van der Waals surface area contributed by atoms with Crippen molar-refractivity contribution in [2.75, 3.05) is 32.1 Å². The summed E-state index contributed by atoms with van der Waals surface area (Å²) in [4.78, 5) is 6.52. The minimum absolute atomic E-state index is 0. The summed E-state index contributed by atoms with van der Waals surface area (Å²) in [6, 6.07) is 10.8. The molecule has 1 fully saturated rings. The Hall–Kier alpha value is -0.870. The molecule has 2 rings (SSSR count). The van der Waals surface area contributed by atoms with Crippen molar-refractivity contribution in [3.63, 3.8) is 0 Å². The third-order valence-corrected chi connectivity index (χ3v) is 6.45. The van der Waals surface area contributed by atoms with Crippen LogP contribution >= 0.6 is 24.0 Å². The number of sulfone groups is 1.